The first-order chi connectivity index (χ1) is 28.7. The molecule has 10 nitrogen and oxygen atoms in total. The summed E-state index contributed by atoms with van der Waals surface area (Å²) in [7, 11) is 4.79. The molecule has 1 aromatic heterocycles. The Labute approximate surface area is 350 Å². The summed E-state index contributed by atoms with van der Waals surface area (Å²) < 4.78 is 72.8. The molecule has 1 aliphatic carbocycles. The molecule has 7 rings (SSSR count). The van der Waals surface area contributed by atoms with Crippen LogP contribution < -0.4 is 20.1 Å². The Kier molecular flexibility index (Phi) is 13.0. The lowest BCUT2D eigenvalue weighted by molar-refractivity contribution is -0.139. The molecule has 1 aliphatic heterocycles. The number of alkyl halides is 3. The quantitative estimate of drug-likeness (QED) is 0.0894. The van der Waals surface area contributed by atoms with Crippen LogP contribution in [0.3, 0.4) is 0 Å². The van der Waals surface area contributed by atoms with Crippen LogP contribution in [0.1, 0.15) is 67.2 Å². The van der Waals surface area contributed by atoms with Crippen LogP contribution in [0, 0.1) is 11.7 Å². The standard InChI is InChI=1S/C45H48ClF4N5O5/c1-54(31-13-10-26(11-14-31)16-43(57)58)24-29-17-37(45(48,49)50)28(20-40(29)59-2)25-55-39-9-5-7-33(35(39)23-52-55)34-8-4-6-32(44(34)46)27-18-38(47)36(41(19-27)60-3)22-51-21-30-12-15-42(56)53-30/h4-9,17-20,23,26,30-31,51H,10-16,21-22,24-25H2,1-3H3,(H,53,56)(H,57,58)/t26?,30-,31?/m0/s1. The van der Waals surface area contributed by atoms with Gasteiger partial charge in [0.05, 0.1) is 43.1 Å². The highest BCUT2D eigenvalue weighted by atomic mass is 35.5. The van der Waals surface area contributed by atoms with E-state index >= 15 is 4.39 Å². The van der Waals surface area contributed by atoms with Gasteiger partial charge in [-0.15, -0.1) is 0 Å². The van der Waals surface area contributed by atoms with Crippen LogP contribution in [0.15, 0.2) is 66.9 Å². The lowest BCUT2D eigenvalue weighted by Crippen LogP contribution is -2.35. The minimum atomic E-state index is -4.66. The van der Waals surface area contributed by atoms with Crippen LogP contribution in [0.2, 0.25) is 5.02 Å². The molecule has 4 aromatic carbocycles. The Morgan fingerprint density at radius 1 is 0.983 bits per heavy atom. The highest BCUT2D eigenvalue weighted by molar-refractivity contribution is 6.36. The van der Waals surface area contributed by atoms with Gasteiger partial charge in [0.2, 0.25) is 5.91 Å². The first kappa shape index (κ1) is 42.9. The summed E-state index contributed by atoms with van der Waals surface area (Å²) in [6, 6.07) is 16.7. The molecule has 0 unspecified atom stereocenters. The van der Waals surface area contributed by atoms with Crippen LogP contribution in [-0.2, 0) is 35.4 Å². The number of hydrogen-bond donors (Lipinski definition) is 3. The molecule has 60 heavy (non-hydrogen) atoms. The van der Waals surface area contributed by atoms with Crippen molar-refractivity contribution < 1.29 is 41.7 Å². The number of fused-ring (bicyclic) bond motifs is 1. The van der Waals surface area contributed by atoms with Gasteiger partial charge in [0.25, 0.3) is 0 Å². The smallest absolute Gasteiger partial charge is 0.416 e. The lowest BCUT2D eigenvalue weighted by atomic mass is 9.83. The maximum Gasteiger partial charge on any atom is 0.416 e. The van der Waals surface area contributed by atoms with Crippen molar-refractivity contribution in [3.63, 3.8) is 0 Å². The maximum absolute atomic E-state index is 15.7. The topological polar surface area (TPSA) is 118 Å². The number of methoxy groups -OCH3 is 2. The van der Waals surface area contributed by atoms with E-state index in [1.54, 1.807) is 36.5 Å². The third-order valence-corrected chi connectivity index (χ3v) is 12.3. The molecule has 2 aliphatic rings. The van der Waals surface area contributed by atoms with Gasteiger partial charge in [-0.2, -0.15) is 18.3 Å². The summed E-state index contributed by atoms with van der Waals surface area (Å²) in [6.45, 7) is 0.734. The summed E-state index contributed by atoms with van der Waals surface area (Å²) in [6.07, 6.45) is 1.34. The van der Waals surface area contributed by atoms with Gasteiger partial charge in [0.15, 0.2) is 0 Å². The van der Waals surface area contributed by atoms with Gasteiger partial charge in [0.1, 0.15) is 17.3 Å². The molecular weight excluding hydrogens is 802 g/mol. The summed E-state index contributed by atoms with van der Waals surface area (Å²) in [5.74, 6) is -0.502. The highest BCUT2D eigenvalue weighted by Crippen LogP contribution is 2.42. The number of rotatable bonds is 15. The van der Waals surface area contributed by atoms with Crippen molar-refractivity contribution in [2.45, 2.75) is 82.8 Å². The van der Waals surface area contributed by atoms with Crippen molar-refractivity contribution >= 4 is 34.4 Å². The van der Waals surface area contributed by atoms with E-state index in [1.165, 1.54) is 37.1 Å². The van der Waals surface area contributed by atoms with E-state index in [9.17, 15) is 27.9 Å². The zero-order valence-electron chi connectivity index (χ0n) is 33.7. The molecule has 2 heterocycles. The number of carboxylic acid groups (broad SMARTS) is 1. The fourth-order valence-electron chi connectivity index (χ4n) is 8.72. The normalized spacial score (nSPS) is 18.3. The zero-order valence-corrected chi connectivity index (χ0v) is 34.4. The first-order valence-electron chi connectivity index (χ1n) is 20.0. The molecule has 318 valence electrons. The van der Waals surface area contributed by atoms with Gasteiger partial charge in [-0.25, -0.2) is 4.39 Å². The van der Waals surface area contributed by atoms with Gasteiger partial charge in [-0.1, -0.05) is 41.9 Å². The Morgan fingerprint density at radius 2 is 1.70 bits per heavy atom. The van der Waals surface area contributed by atoms with Gasteiger partial charge in [-0.05, 0) is 92.1 Å². The van der Waals surface area contributed by atoms with E-state index in [0.717, 1.165) is 32.1 Å². The van der Waals surface area contributed by atoms with Crippen molar-refractivity contribution in [3.8, 4) is 33.8 Å². The number of aliphatic carboxylic acids is 1. The van der Waals surface area contributed by atoms with Crippen molar-refractivity contribution in [1.82, 2.24) is 25.3 Å². The largest absolute Gasteiger partial charge is 0.496 e. The van der Waals surface area contributed by atoms with E-state index in [-0.39, 0.29) is 55.5 Å². The lowest BCUT2D eigenvalue weighted by Gasteiger charge is -2.34. The number of amides is 1. The predicted octanol–water partition coefficient (Wildman–Crippen LogP) is 9.08. The fourth-order valence-corrected chi connectivity index (χ4v) is 9.06. The van der Waals surface area contributed by atoms with E-state index in [2.05, 4.69) is 15.7 Å². The van der Waals surface area contributed by atoms with Crippen LogP contribution in [-0.4, -0.2) is 71.6 Å². The Morgan fingerprint density at radius 3 is 2.38 bits per heavy atom. The number of nitrogens with one attached hydrogen (secondary N) is 2. The minimum absolute atomic E-state index is 0.00436. The predicted molar refractivity (Wildman–Crippen MR) is 222 cm³/mol. The van der Waals surface area contributed by atoms with Crippen molar-refractivity contribution in [2.24, 2.45) is 5.92 Å². The molecule has 1 atom stereocenters. The number of hydrogen-bond acceptors (Lipinski definition) is 7. The Bertz CT molecular complexity index is 2380. The second-order valence-corrected chi connectivity index (χ2v) is 16.2. The third-order valence-electron chi connectivity index (χ3n) is 11.9. The maximum atomic E-state index is 15.7. The molecule has 3 N–H and O–H groups in total. The second kappa shape index (κ2) is 18.2. The summed E-state index contributed by atoms with van der Waals surface area (Å²) >= 11 is 7.10. The molecule has 15 heteroatoms. The Hall–Kier alpha value is -5.18. The Balaban J connectivity index is 1.14. The van der Waals surface area contributed by atoms with Gasteiger partial charge in [0, 0.05) is 72.2 Å². The number of aromatic nitrogens is 2. The van der Waals surface area contributed by atoms with Crippen LogP contribution in [0.25, 0.3) is 33.2 Å². The van der Waals surface area contributed by atoms with Crippen LogP contribution in [0.5, 0.6) is 11.5 Å². The number of ether oxygens (including phenoxy) is 2. The summed E-state index contributed by atoms with van der Waals surface area (Å²) in [5.41, 5.74) is 2.94. The van der Waals surface area contributed by atoms with Gasteiger partial charge < -0.3 is 25.2 Å². The molecule has 5 aromatic rings. The average molecular weight is 850 g/mol. The van der Waals surface area contributed by atoms with E-state index in [1.807, 2.05) is 24.1 Å². The zero-order chi connectivity index (χ0) is 42.7. The van der Waals surface area contributed by atoms with Crippen LogP contribution in [0.4, 0.5) is 17.6 Å². The molecule has 0 bridgehead atoms. The minimum Gasteiger partial charge on any atom is -0.496 e. The number of halogens is 5. The van der Waals surface area contributed by atoms with Crippen molar-refractivity contribution in [1.29, 1.82) is 0 Å². The molecule has 1 amide bonds. The average Bonchev–Trinajstić information content (AvgIpc) is 3.83. The molecule has 1 saturated heterocycles. The number of carboxylic acids is 1. The van der Waals surface area contributed by atoms with Gasteiger partial charge >= 0.3 is 12.1 Å². The number of nitrogens with zero attached hydrogens (tertiary/aromatic N) is 3. The van der Waals surface area contributed by atoms with Crippen molar-refractivity contribution in [2.75, 3.05) is 27.8 Å². The molecule has 2 fully saturated rings. The monoisotopic (exact) mass is 849 g/mol. The number of carbonyl (C=O) groups is 2. The molecule has 0 spiro atoms. The molecular formula is C45H48ClF4N5O5. The number of carbonyl (C=O) groups excluding carboxylic acids is 1. The van der Waals surface area contributed by atoms with E-state index in [4.69, 9.17) is 21.1 Å². The van der Waals surface area contributed by atoms with E-state index in [0.29, 0.717) is 73.8 Å². The van der Waals surface area contributed by atoms with E-state index < -0.39 is 23.5 Å². The highest BCUT2D eigenvalue weighted by Gasteiger charge is 2.35. The number of benzene rings is 4. The molecule has 1 saturated carbocycles. The van der Waals surface area contributed by atoms with Crippen molar-refractivity contribution in [3.05, 3.63) is 100.0 Å². The second-order valence-electron chi connectivity index (χ2n) is 15.8. The first-order valence-corrected chi connectivity index (χ1v) is 20.4. The fraction of sp³-hybridized carbons (Fsp3) is 0.400. The molecule has 0 radical (unpaired) electrons. The third kappa shape index (κ3) is 9.40. The summed E-state index contributed by atoms with van der Waals surface area (Å²) in [5, 5.41) is 20.8. The van der Waals surface area contributed by atoms with Crippen LogP contribution >= 0.6 is 11.6 Å². The van der Waals surface area contributed by atoms with Gasteiger partial charge in [-0.3, -0.25) is 19.2 Å². The summed E-state index contributed by atoms with van der Waals surface area (Å²) in [4.78, 5) is 24.8. The SMILES string of the molecule is COc1cc(Cn2ncc3c(-c4cccc(-c5cc(F)c(CNC[C@@H]6CCC(=O)N6)c(OC)c5)c4Cl)cccc32)c(C(F)(F)F)cc1CN(C)C1CCC(CC(=O)O)CC1.